The molecule has 1 fully saturated rings. The van der Waals surface area contributed by atoms with Crippen molar-refractivity contribution in [1.29, 1.82) is 0 Å². The van der Waals surface area contributed by atoms with Crippen LogP contribution in [0.5, 0.6) is 5.75 Å². The summed E-state index contributed by atoms with van der Waals surface area (Å²) in [7, 11) is 1.48. The van der Waals surface area contributed by atoms with Gasteiger partial charge in [0.05, 0.1) is 31.8 Å². The number of carbonyl (C=O) groups excluding carboxylic acids is 2. The van der Waals surface area contributed by atoms with Crippen molar-refractivity contribution in [3.63, 3.8) is 0 Å². The van der Waals surface area contributed by atoms with Crippen LogP contribution in [0.1, 0.15) is 43.4 Å². The molecule has 0 saturated carbocycles. The lowest BCUT2D eigenvalue weighted by Gasteiger charge is -2.26. The molecule has 1 aromatic carbocycles. The van der Waals surface area contributed by atoms with Crippen LogP contribution in [0.4, 0.5) is 0 Å². The number of likely N-dealkylation sites (tertiary alicyclic amines) is 1. The molecular formula is C24H29ClN2O5. The Hall–Kier alpha value is -2.77. The van der Waals surface area contributed by atoms with Crippen LogP contribution < -0.4 is 14.7 Å². The zero-order valence-electron chi connectivity index (χ0n) is 18.9. The number of ether oxygens (including phenoxy) is 1. The fourth-order valence-corrected chi connectivity index (χ4v) is 4.32. The summed E-state index contributed by atoms with van der Waals surface area (Å²) in [5, 5.41) is 13.6. The Kier molecular flexibility index (Phi) is 7.64. The van der Waals surface area contributed by atoms with Crippen molar-refractivity contribution >= 4 is 29.1 Å². The van der Waals surface area contributed by atoms with Gasteiger partial charge in [0.25, 0.3) is 5.91 Å². The maximum atomic E-state index is 13.4. The van der Waals surface area contributed by atoms with Crippen molar-refractivity contribution in [2.75, 3.05) is 33.3 Å². The number of quaternary nitrogens is 1. The number of ketones is 1. The molecule has 1 saturated heterocycles. The third-order valence-corrected chi connectivity index (χ3v) is 6.20. The molecule has 1 atom stereocenters. The Morgan fingerprint density at radius 1 is 1.22 bits per heavy atom. The van der Waals surface area contributed by atoms with Crippen LogP contribution in [0.15, 0.2) is 40.3 Å². The average Bonchev–Trinajstić information content (AvgIpc) is 3.32. The third kappa shape index (κ3) is 4.69. The second kappa shape index (κ2) is 10.2. The highest BCUT2D eigenvalue weighted by Gasteiger charge is 2.45. The zero-order chi connectivity index (χ0) is 23.4. The molecule has 0 spiro atoms. The van der Waals surface area contributed by atoms with Crippen LogP contribution in [-0.4, -0.2) is 49.9 Å². The van der Waals surface area contributed by atoms with Crippen LogP contribution >= 0.6 is 11.6 Å². The lowest BCUT2D eigenvalue weighted by molar-refractivity contribution is -0.896. The van der Waals surface area contributed by atoms with Crippen molar-refractivity contribution in [1.82, 2.24) is 4.90 Å². The number of furan rings is 1. The Balaban J connectivity index is 2.02. The number of halogens is 1. The van der Waals surface area contributed by atoms with E-state index in [0.717, 1.165) is 19.6 Å². The lowest BCUT2D eigenvalue weighted by atomic mass is 9.99. The lowest BCUT2D eigenvalue weighted by Crippen LogP contribution is -3.11. The topological polar surface area (TPSA) is 87.2 Å². The molecule has 1 aromatic heterocycles. The molecule has 1 N–H and O–H groups in total. The molecule has 172 valence electrons. The third-order valence-electron chi connectivity index (χ3n) is 5.90. The van der Waals surface area contributed by atoms with E-state index in [4.69, 9.17) is 20.8 Å². The van der Waals surface area contributed by atoms with Crippen molar-refractivity contribution in [2.45, 2.75) is 33.2 Å². The summed E-state index contributed by atoms with van der Waals surface area (Å²) in [5.41, 5.74) is 0.107. The fraction of sp³-hybridized carbons (Fsp3) is 0.417. The predicted octanol–water partition coefficient (Wildman–Crippen LogP) is 1.79. The molecular weight excluding hydrogens is 432 g/mol. The minimum atomic E-state index is -0.858. The Morgan fingerprint density at radius 2 is 1.94 bits per heavy atom. The molecule has 32 heavy (non-hydrogen) atoms. The number of benzene rings is 1. The summed E-state index contributed by atoms with van der Waals surface area (Å²) in [6.45, 7) is 9.20. The highest BCUT2D eigenvalue weighted by atomic mass is 35.5. The highest BCUT2D eigenvalue weighted by molar-refractivity contribution is 6.46. The summed E-state index contributed by atoms with van der Waals surface area (Å²) < 4.78 is 10.9. The number of hydrogen-bond donors (Lipinski definition) is 1. The number of carbonyl (C=O) groups is 2. The average molecular weight is 461 g/mol. The monoisotopic (exact) mass is 460 g/mol. The van der Waals surface area contributed by atoms with E-state index >= 15 is 0 Å². The smallest absolute Gasteiger partial charge is 0.295 e. The maximum absolute atomic E-state index is 13.4. The van der Waals surface area contributed by atoms with Crippen LogP contribution in [0.3, 0.4) is 0 Å². The SMILES string of the molecule is CC[NH+](CC)CCCN1C(=O)C(=O)/C(=C(/[O-])c2ccc(OC)c(Cl)c2)C1c1ccc(C)o1. The van der Waals surface area contributed by atoms with Gasteiger partial charge in [0, 0.05) is 18.5 Å². The van der Waals surface area contributed by atoms with Gasteiger partial charge in [-0.1, -0.05) is 23.4 Å². The van der Waals surface area contributed by atoms with Gasteiger partial charge >= 0.3 is 0 Å². The molecule has 3 rings (SSSR count). The van der Waals surface area contributed by atoms with E-state index in [9.17, 15) is 14.7 Å². The number of methoxy groups -OCH3 is 1. The van der Waals surface area contributed by atoms with E-state index < -0.39 is 23.5 Å². The normalized spacial score (nSPS) is 18.1. The van der Waals surface area contributed by atoms with Gasteiger partial charge in [0.15, 0.2) is 0 Å². The van der Waals surface area contributed by atoms with Gasteiger partial charge < -0.3 is 24.1 Å². The fourth-order valence-electron chi connectivity index (χ4n) is 4.06. The molecule has 1 unspecified atom stereocenters. The summed E-state index contributed by atoms with van der Waals surface area (Å²) in [4.78, 5) is 28.8. The predicted molar refractivity (Wildman–Crippen MR) is 119 cm³/mol. The molecule has 2 aromatic rings. The minimum absolute atomic E-state index is 0.110. The van der Waals surface area contributed by atoms with Crippen LogP contribution in [0.2, 0.25) is 5.02 Å². The zero-order valence-corrected chi connectivity index (χ0v) is 19.6. The first-order valence-electron chi connectivity index (χ1n) is 10.8. The van der Waals surface area contributed by atoms with E-state index in [1.165, 1.54) is 29.0 Å². The minimum Gasteiger partial charge on any atom is -0.872 e. The first kappa shape index (κ1) is 23.9. The van der Waals surface area contributed by atoms with Gasteiger partial charge in [-0.25, -0.2) is 0 Å². The van der Waals surface area contributed by atoms with Gasteiger partial charge in [-0.05, 0) is 50.6 Å². The second-order valence-corrected chi connectivity index (χ2v) is 8.24. The molecule has 0 radical (unpaired) electrons. The van der Waals surface area contributed by atoms with Crippen LogP contribution in [0, 0.1) is 6.92 Å². The number of hydrogen-bond acceptors (Lipinski definition) is 5. The van der Waals surface area contributed by atoms with Gasteiger partial charge in [0.2, 0.25) is 5.78 Å². The van der Waals surface area contributed by atoms with E-state index in [1.54, 1.807) is 25.1 Å². The van der Waals surface area contributed by atoms with E-state index in [0.29, 0.717) is 30.2 Å². The van der Waals surface area contributed by atoms with Gasteiger partial charge in [-0.2, -0.15) is 0 Å². The number of Topliss-reactive ketones (excluding diaryl/α,β-unsaturated/α-hetero) is 1. The molecule has 0 aliphatic carbocycles. The second-order valence-electron chi connectivity index (χ2n) is 7.83. The molecule has 1 aliphatic heterocycles. The molecule has 1 aliphatic rings. The molecule has 1 amide bonds. The number of rotatable bonds is 9. The van der Waals surface area contributed by atoms with Crippen molar-refractivity contribution in [2.24, 2.45) is 0 Å². The van der Waals surface area contributed by atoms with Crippen molar-refractivity contribution in [3.05, 3.63) is 58.0 Å². The summed E-state index contributed by atoms with van der Waals surface area (Å²) in [6, 6.07) is 7.16. The number of aryl methyl sites for hydroxylation is 1. The molecule has 8 heteroatoms. The van der Waals surface area contributed by atoms with Gasteiger partial charge in [0.1, 0.15) is 23.3 Å². The van der Waals surface area contributed by atoms with Crippen molar-refractivity contribution < 1.29 is 28.7 Å². The van der Waals surface area contributed by atoms with E-state index in [-0.39, 0.29) is 16.2 Å². The Labute approximate surface area is 193 Å². The largest absolute Gasteiger partial charge is 0.872 e. The Bertz CT molecular complexity index is 1030. The summed E-state index contributed by atoms with van der Waals surface area (Å²) >= 11 is 6.19. The molecule has 2 heterocycles. The molecule has 0 bridgehead atoms. The quantitative estimate of drug-likeness (QED) is 0.350. The standard InChI is InChI=1S/C24H29ClN2O5/c1-5-26(6-2)12-7-13-27-21(19-10-8-15(3)32-19)20(23(29)24(27)30)22(28)16-9-11-18(31-4)17(25)14-16/h8-11,14,21,28H,5-7,12-13H2,1-4H3/b22-20+. The number of nitrogens with one attached hydrogen (secondary N) is 1. The van der Waals surface area contributed by atoms with E-state index in [1.807, 2.05) is 0 Å². The van der Waals surface area contributed by atoms with Crippen LogP contribution in [-0.2, 0) is 9.59 Å². The highest BCUT2D eigenvalue weighted by Crippen LogP contribution is 2.40. The van der Waals surface area contributed by atoms with Gasteiger partial charge in [-0.3, -0.25) is 9.59 Å². The van der Waals surface area contributed by atoms with Crippen LogP contribution in [0.25, 0.3) is 5.76 Å². The van der Waals surface area contributed by atoms with E-state index in [2.05, 4.69) is 13.8 Å². The summed E-state index contributed by atoms with van der Waals surface area (Å²) in [6.07, 6.45) is 0.710. The maximum Gasteiger partial charge on any atom is 0.295 e. The number of amides is 1. The number of nitrogens with zero attached hydrogens (tertiary/aromatic N) is 1. The van der Waals surface area contributed by atoms with Crippen molar-refractivity contribution in [3.8, 4) is 5.75 Å². The molecule has 7 nitrogen and oxygen atoms in total. The summed E-state index contributed by atoms with van der Waals surface area (Å²) in [5.74, 6) is -0.555. The Morgan fingerprint density at radius 3 is 2.50 bits per heavy atom. The van der Waals surface area contributed by atoms with Gasteiger partial charge in [-0.15, -0.1) is 0 Å². The first-order valence-corrected chi connectivity index (χ1v) is 11.2. The first-order chi connectivity index (χ1) is 15.3.